The maximum Gasteiger partial charge on any atom is 0.123 e. The van der Waals surface area contributed by atoms with E-state index in [1.54, 1.807) is 12.1 Å². The number of unbranched alkanes of at least 4 members (excludes halogenated alkanes) is 2. The first-order valence-corrected chi connectivity index (χ1v) is 5.74. The molecule has 1 atom stereocenters. The van der Waals surface area contributed by atoms with Crippen molar-refractivity contribution in [1.82, 2.24) is 0 Å². The molecule has 0 radical (unpaired) electrons. The molecule has 84 valence electrons. The minimum atomic E-state index is -0.181. The summed E-state index contributed by atoms with van der Waals surface area (Å²) in [6.07, 6.45) is 4.97. The number of nitrogens with one attached hydrogen (secondary N) is 1. The lowest BCUT2D eigenvalue weighted by Gasteiger charge is -2.14. The number of rotatable bonds is 6. The minimum absolute atomic E-state index is 0.181. The van der Waals surface area contributed by atoms with E-state index in [2.05, 4.69) is 19.2 Å². The molecule has 0 saturated carbocycles. The molecule has 1 aromatic carbocycles. The Kier molecular flexibility index (Phi) is 5.16. The quantitative estimate of drug-likeness (QED) is 0.692. The van der Waals surface area contributed by atoms with Crippen LogP contribution >= 0.6 is 0 Å². The lowest BCUT2D eigenvalue weighted by molar-refractivity contribution is 0.613. The lowest BCUT2D eigenvalue weighted by Crippen LogP contribution is -2.14. The largest absolute Gasteiger partial charge is 0.383 e. The Morgan fingerprint density at radius 3 is 2.47 bits per heavy atom. The summed E-state index contributed by atoms with van der Waals surface area (Å²) in [5.74, 6) is -0.181. The van der Waals surface area contributed by atoms with Gasteiger partial charge >= 0.3 is 0 Å². The van der Waals surface area contributed by atoms with Gasteiger partial charge in [-0.1, -0.05) is 26.2 Å². The van der Waals surface area contributed by atoms with Crippen LogP contribution in [-0.4, -0.2) is 6.04 Å². The Balaban J connectivity index is 2.31. The second kappa shape index (κ2) is 6.44. The topological polar surface area (TPSA) is 12.0 Å². The second-order valence-corrected chi connectivity index (χ2v) is 4.05. The summed E-state index contributed by atoms with van der Waals surface area (Å²) in [5, 5.41) is 3.36. The van der Waals surface area contributed by atoms with Crippen LogP contribution in [0.4, 0.5) is 10.1 Å². The van der Waals surface area contributed by atoms with Crippen molar-refractivity contribution in [2.45, 2.75) is 45.6 Å². The fraction of sp³-hybridized carbons (Fsp3) is 0.538. The normalized spacial score (nSPS) is 12.5. The summed E-state index contributed by atoms with van der Waals surface area (Å²) >= 11 is 0. The van der Waals surface area contributed by atoms with Crippen LogP contribution in [0.1, 0.15) is 39.5 Å². The van der Waals surface area contributed by atoms with Gasteiger partial charge in [-0.2, -0.15) is 0 Å². The molecule has 1 N–H and O–H groups in total. The van der Waals surface area contributed by atoms with E-state index in [0.717, 1.165) is 5.69 Å². The first-order chi connectivity index (χ1) is 7.22. The highest BCUT2D eigenvalue weighted by atomic mass is 19.1. The number of halogens is 1. The lowest BCUT2D eigenvalue weighted by atomic mass is 10.1. The Morgan fingerprint density at radius 1 is 1.20 bits per heavy atom. The van der Waals surface area contributed by atoms with Gasteiger partial charge in [-0.15, -0.1) is 0 Å². The number of hydrogen-bond donors (Lipinski definition) is 1. The van der Waals surface area contributed by atoms with Crippen LogP contribution in [0.5, 0.6) is 0 Å². The van der Waals surface area contributed by atoms with Crippen LogP contribution in [0.15, 0.2) is 24.3 Å². The van der Waals surface area contributed by atoms with E-state index in [1.165, 1.54) is 37.8 Å². The van der Waals surface area contributed by atoms with E-state index in [-0.39, 0.29) is 5.82 Å². The molecule has 1 aromatic rings. The average Bonchev–Trinajstić information content (AvgIpc) is 2.22. The van der Waals surface area contributed by atoms with Gasteiger partial charge in [0.25, 0.3) is 0 Å². The summed E-state index contributed by atoms with van der Waals surface area (Å²) in [7, 11) is 0. The Bertz CT molecular complexity index is 268. The van der Waals surface area contributed by atoms with Gasteiger partial charge in [0.15, 0.2) is 0 Å². The molecular weight excluding hydrogens is 189 g/mol. The van der Waals surface area contributed by atoms with Crippen molar-refractivity contribution in [1.29, 1.82) is 0 Å². The van der Waals surface area contributed by atoms with Crippen molar-refractivity contribution in [3.8, 4) is 0 Å². The molecule has 0 aliphatic heterocycles. The summed E-state index contributed by atoms with van der Waals surface area (Å²) in [5.41, 5.74) is 1.00. The standard InChI is InChI=1S/C13H20FN/c1-3-4-5-6-11(2)15-13-9-7-12(14)8-10-13/h7-11,15H,3-6H2,1-2H3. The Morgan fingerprint density at radius 2 is 1.87 bits per heavy atom. The highest BCUT2D eigenvalue weighted by molar-refractivity contribution is 5.43. The van der Waals surface area contributed by atoms with Gasteiger partial charge in [0.2, 0.25) is 0 Å². The molecule has 0 fully saturated rings. The van der Waals surface area contributed by atoms with Gasteiger partial charge in [-0.05, 0) is 37.6 Å². The number of hydrogen-bond acceptors (Lipinski definition) is 1. The van der Waals surface area contributed by atoms with E-state index in [4.69, 9.17) is 0 Å². The van der Waals surface area contributed by atoms with E-state index in [9.17, 15) is 4.39 Å². The molecule has 0 heterocycles. The van der Waals surface area contributed by atoms with Crippen LogP contribution in [0, 0.1) is 5.82 Å². The van der Waals surface area contributed by atoms with Crippen LogP contribution in [0.25, 0.3) is 0 Å². The monoisotopic (exact) mass is 209 g/mol. The summed E-state index contributed by atoms with van der Waals surface area (Å²) in [6.45, 7) is 4.37. The zero-order chi connectivity index (χ0) is 11.1. The maximum atomic E-state index is 12.6. The van der Waals surface area contributed by atoms with E-state index < -0.39 is 0 Å². The second-order valence-electron chi connectivity index (χ2n) is 4.05. The molecule has 0 bridgehead atoms. The third-order valence-corrected chi connectivity index (χ3v) is 2.50. The van der Waals surface area contributed by atoms with Crippen LogP contribution in [0.2, 0.25) is 0 Å². The molecule has 2 heteroatoms. The SMILES string of the molecule is CCCCCC(C)Nc1ccc(F)cc1. The summed E-state index contributed by atoms with van der Waals surface area (Å²) in [4.78, 5) is 0. The molecule has 0 aliphatic rings. The zero-order valence-corrected chi connectivity index (χ0v) is 9.59. The Hall–Kier alpha value is -1.05. The zero-order valence-electron chi connectivity index (χ0n) is 9.59. The van der Waals surface area contributed by atoms with E-state index >= 15 is 0 Å². The summed E-state index contributed by atoms with van der Waals surface area (Å²) < 4.78 is 12.6. The minimum Gasteiger partial charge on any atom is -0.383 e. The molecule has 0 aliphatic carbocycles. The van der Waals surface area contributed by atoms with Crippen LogP contribution in [0.3, 0.4) is 0 Å². The molecule has 0 aromatic heterocycles. The maximum absolute atomic E-state index is 12.6. The fourth-order valence-corrected chi connectivity index (χ4v) is 1.60. The van der Waals surface area contributed by atoms with Crippen molar-refractivity contribution in [2.24, 2.45) is 0 Å². The van der Waals surface area contributed by atoms with Crippen molar-refractivity contribution in [3.05, 3.63) is 30.1 Å². The van der Waals surface area contributed by atoms with Gasteiger partial charge < -0.3 is 5.32 Å². The highest BCUT2D eigenvalue weighted by Gasteiger charge is 2.01. The van der Waals surface area contributed by atoms with Gasteiger partial charge in [-0.25, -0.2) is 4.39 Å². The average molecular weight is 209 g/mol. The van der Waals surface area contributed by atoms with Crippen molar-refractivity contribution in [2.75, 3.05) is 5.32 Å². The van der Waals surface area contributed by atoms with Crippen molar-refractivity contribution >= 4 is 5.69 Å². The molecule has 0 amide bonds. The molecule has 15 heavy (non-hydrogen) atoms. The van der Waals surface area contributed by atoms with Crippen molar-refractivity contribution < 1.29 is 4.39 Å². The van der Waals surface area contributed by atoms with Gasteiger partial charge in [0.05, 0.1) is 0 Å². The first kappa shape index (κ1) is 12.0. The number of benzene rings is 1. The van der Waals surface area contributed by atoms with Gasteiger partial charge in [0.1, 0.15) is 5.82 Å². The number of anilines is 1. The molecule has 1 nitrogen and oxygen atoms in total. The van der Waals surface area contributed by atoms with E-state index in [1.807, 2.05) is 0 Å². The predicted octanol–water partition coefficient (Wildman–Crippen LogP) is 4.21. The molecule has 1 rings (SSSR count). The highest BCUT2D eigenvalue weighted by Crippen LogP contribution is 2.12. The van der Waals surface area contributed by atoms with Crippen LogP contribution in [-0.2, 0) is 0 Å². The molecule has 0 spiro atoms. The summed E-state index contributed by atoms with van der Waals surface area (Å²) in [6, 6.07) is 7.00. The molecule has 1 unspecified atom stereocenters. The van der Waals surface area contributed by atoms with Crippen LogP contribution < -0.4 is 5.32 Å². The smallest absolute Gasteiger partial charge is 0.123 e. The Labute approximate surface area is 91.7 Å². The van der Waals surface area contributed by atoms with Gasteiger partial charge in [0, 0.05) is 11.7 Å². The first-order valence-electron chi connectivity index (χ1n) is 5.74. The molecule has 0 saturated heterocycles. The van der Waals surface area contributed by atoms with Gasteiger partial charge in [-0.3, -0.25) is 0 Å². The predicted molar refractivity (Wildman–Crippen MR) is 63.6 cm³/mol. The van der Waals surface area contributed by atoms with Crippen molar-refractivity contribution in [3.63, 3.8) is 0 Å². The fourth-order valence-electron chi connectivity index (χ4n) is 1.60. The third kappa shape index (κ3) is 4.82. The third-order valence-electron chi connectivity index (χ3n) is 2.50. The molecular formula is C13H20FN. The van der Waals surface area contributed by atoms with E-state index in [0.29, 0.717) is 6.04 Å².